The van der Waals surface area contributed by atoms with E-state index in [2.05, 4.69) is 12.2 Å². The number of carbonyl (C=O) groups excluding carboxylic acids is 1. The molecule has 2 rings (SSSR count). The summed E-state index contributed by atoms with van der Waals surface area (Å²) in [6.07, 6.45) is 8.54. The van der Waals surface area contributed by atoms with Crippen LogP contribution in [0.2, 0.25) is 0 Å². The minimum Gasteiger partial charge on any atom is -0.385 e. The summed E-state index contributed by atoms with van der Waals surface area (Å²) in [4.78, 5) is 14.5. The summed E-state index contributed by atoms with van der Waals surface area (Å²) < 4.78 is 0. The Hall–Kier alpha value is -1.51. The van der Waals surface area contributed by atoms with Crippen molar-refractivity contribution in [2.24, 2.45) is 0 Å². The van der Waals surface area contributed by atoms with Crippen molar-refractivity contribution in [1.29, 1.82) is 0 Å². The molecule has 0 radical (unpaired) electrons. The highest BCUT2D eigenvalue weighted by Crippen LogP contribution is 2.22. The molecule has 0 unspecified atom stereocenters. The Morgan fingerprint density at radius 3 is 2.33 bits per heavy atom. The Labute approximate surface area is 128 Å². The Bertz CT molecular complexity index is 433. The fourth-order valence-corrected chi connectivity index (χ4v) is 3.01. The van der Waals surface area contributed by atoms with Crippen LogP contribution < -0.4 is 5.32 Å². The van der Waals surface area contributed by atoms with Gasteiger partial charge in [0.2, 0.25) is 0 Å². The Morgan fingerprint density at radius 1 is 1.14 bits per heavy atom. The van der Waals surface area contributed by atoms with Crippen molar-refractivity contribution in [1.82, 2.24) is 4.90 Å². The maximum Gasteiger partial charge on any atom is 0.253 e. The normalized spacial score (nSPS) is 16.3. The van der Waals surface area contributed by atoms with E-state index in [-0.39, 0.29) is 5.91 Å². The third-order valence-electron chi connectivity index (χ3n) is 4.40. The van der Waals surface area contributed by atoms with E-state index in [4.69, 9.17) is 0 Å². The molecule has 3 nitrogen and oxygen atoms in total. The number of hydrogen-bond acceptors (Lipinski definition) is 2. The van der Waals surface area contributed by atoms with Crippen LogP contribution in [0.1, 0.15) is 62.2 Å². The summed E-state index contributed by atoms with van der Waals surface area (Å²) in [6.45, 7) is 3.11. The molecule has 0 aliphatic heterocycles. The van der Waals surface area contributed by atoms with Crippen LogP contribution in [-0.2, 0) is 0 Å². The monoisotopic (exact) mass is 288 g/mol. The zero-order chi connectivity index (χ0) is 15.1. The molecule has 0 aromatic heterocycles. The fourth-order valence-electron chi connectivity index (χ4n) is 3.01. The molecule has 3 heteroatoms. The average Bonchev–Trinajstić information content (AvgIpc) is 2.81. The van der Waals surface area contributed by atoms with Crippen molar-refractivity contribution in [3.63, 3.8) is 0 Å². The van der Waals surface area contributed by atoms with Gasteiger partial charge in [0.05, 0.1) is 0 Å². The zero-order valence-electron chi connectivity index (χ0n) is 13.4. The number of hydrogen-bond donors (Lipinski definition) is 1. The molecule has 0 atom stereocenters. The van der Waals surface area contributed by atoms with Crippen LogP contribution in [0.15, 0.2) is 24.3 Å². The zero-order valence-corrected chi connectivity index (χ0v) is 13.4. The van der Waals surface area contributed by atoms with E-state index in [1.807, 2.05) is 36.2 Å². The number of anilines is 1. The van der Waals surface area contributed by atoms with Gasteiger partial charge in [-0.2, -0.15) is 0 Å². The third-order valence-corrected chi connectivity index (χ3v) is 4.40. The lowest BCUT2D eigenvalue weighted by Gasteiger charge is -2.27. The number of carbonyl (C=O) groups is 1. The lowest BCUT2D eigenvalue weighted by Crippen LogP contribution is -2.36. The van der Waals surface area contributed by atoms with Gasteiger partial charge in [0.25, 0.3) is 5.91 Å². The molecule has 1 amide bonds. The maximum absolute atomic E-state index is 12.6. The molecular weight excluding hydrogens is 260 g/mol. The second-order valence-electron chi connectivity index (χ2n) is 6.07. The molecule has 0 saturated heterocycles. The molecule has 0 heterocycles. The van der Waals surface area contributed by atoms with Crippen LogP contribution in [0, 0.1) is 0 Å². The van der Waals surface area contributed by atoms with E-state index in [0.717, 1.165) is 37.1 Å². The molecule has 1 aliphatic carbocycles. The third kappa shape index (κ3) is 4.48. The maximum atomic E-state index is 12.6. The van der Waals surface area contributed by atoms with E-state index < -0.39 is 0 Å². The van der Waals surface area contributed by atoms with Crippen molar-refractivity contribution in [3.8, 4) is 0 Å². The summed E-state index contributed by atoms with van der Waals surface area (Å²) in [6, 6.07) is 8.30. The van der Waals surface area contributed by atoms with Gasteiger partial charge >= 0.3 is 0 Å². The number of nitrogens with one attached hydrogen (secondary N) is 1. The van der Waals surface area contributed by atoms with Crippen molar-refractivity contribution < 1.29 is 4.79 Å². The van der Waals surface area contributed by atoms with Crippen LogP contribution in [0.3, 0.4) is 0 Å². The first-order chi connectivity index (χ1) is 10.2. The first kappa shape index (κ1) is 15.9. The summed E-state index contributed by atoms with van der Waals surface area (Å²) in [5.41, 5.74) is 1.88. The summed E-state index contributed by atoms with van der Waals surface area (Å²) in [5.74, 6) is 0.156. The highest BCUT2D eigenvalue weighted by molar-refractivity contribution is 5.94. The van der Waals surface area contributed by atoms with Gasteiger partial charge in [-0.3, -0.25) is 4.79 Å². The second-order valence-corrected chi connectivity index (χ2v) is 6.07. The molecule has 1 N–H and O–H groups in total. The van der Waals surface area contributed by atoms with Gasteiger partial charge in [-0.05, 0) is 43.5 Å². The number of nitrogens with zero attached hydrogens (tertiary/aromatic N) is 1. The summed E-state index contributed by atoms with van der Waals surface area (Å²) in [7, 11) is 1.96. The Morgan fingerprint density at radius 2 is 1.76 bits per heavy atom. The highest BCUT2D eigenvalue weighted by atomic mass is 16.2. The van der Waals surface area contributed by atoms with E-state index in [9.17, 15) is 4.79 Å². The van der Waals surface area contributed by atoms with Crippen molar-refractivity contribution in [3.05, 3.63) is 29.8 Å². The smallest absolute Gasteiger partial charge is 0.253 e. The van der Waals surface area contributed by atoms with E-state index in [1.165, 1.54) is 25.7 Å². The molecular formula is C18H28N2O. The molecule has 1 fully saturated rings. The average molecular weight is 288 g/mol. The standard InChI is InChI=1S/C18H28N2O/c1-3-14-19-16-12-10-15(11-13-16)18(21)20(2)17-8-6-4-5-7-9-17/h10-13,17,19H,3-9,14H2,1-2H3. The van der Waals surface area contributed by atoms with Crippen LogP contribution in [0.4, 0.5) is 5.69 Å². The Kier molecular flexibility index (Phi) is 6.09. The number of amides is 1. The van der Waals surface area contributed by atoms with Gasteiger partial charge in [-0.15, -0.1) is 0 Å². The SMILES string of the molecule is CCCNc1ccc(C(=O)N(C)C2CCCCCC2)cc1. The Balaban J connectivity index is 1.97. The molecule has 0 spiro atoms. The predicted octanol–water partition coefficient (Wildman–Crippen LogP) is 4.30. The van der Waals surface area contributed by atoms with Crippen molar-refractivity contribution in [2.75, 3.05) is 18.9 Å². The van der Waals surface area contributed by atoms with Crippen molar-refractivity contribution in [2.45, 2.75) is 57.9 Å². The van der Waals surface area contributed by atoms with E-state index in [0.29, 0.717) is 6.04 Å². The van der Waals surface area contributed by atoms with Gasteiger partial charge in [0.15, 0.2) is 0 Å². The van der Waals surface area contributed by atoms with Crippen LogP contribution in [0.25, 0.3) is 0 Å². The quantitative estimate of drug-likeness (QED) is 0.819. The molecule has 1 aromatic carbocycles. The van der Waals surface area contributed by atoms with Crippen molar-refractivity contribution >= 4 is 11.6 Å². The minimum atomic E-state index is 0.156. The molecule has 21 heavy (non-hydrogen) atoms. The van der Waals surface area contributed by atoms with Gasteiger partial charge < -0.3 is 10.2 Å². The van der Waals surface area contributed by atoms with E-state index >= 15 is 0 Å². The molecule has 116 valence electrons. The minimum absolute atomic E-state index is 0.156. The predicted molar refractivity (Wildman–Crippen MR) is 88.8 cm³/mol. The summed E-state index contributed by atoms with van der Waals surface area (Å²) >= 11 is 0. The van der Waals surface area contributed by atoms with Gasteiger partial charge in [0.1, 0.15) is 0 Å². The molecule has 0 bridgehead atoms. The van der Waals surface area contributed by atoms with Gasteiger partial charge in [-0.1, -0.05) is 32.6 Å². The molecule has 1 aliphatic rings. The van der Waals surface area contributed by atoms with E-state index in [1.54, 1.807) is 0 Å². The highest BCUT2D eigenvalue weighted by Gasteiger charge is 2.21. The van der Waals surface area contributed by atoms with Crippen LogP contribution in [0.5, 0.6) is 0 Å². The first-order valence-electron chi connectivity index (χ1n) is 8.33. The van der Waals surface area contributed by atoms with Crippen LogP contribution in [-0.4, -0.2) is 30.4 Å². The summed E-state index contributed by atoms with van der Waals surface area (Å²) in [5, 5.41) is 3.34. The second kappa shape index (κ2) is 8.06. The first-order valence-corrected chi connectivity index (χ1v) is 8.33. The largest absolute Gasteiger partial charge is 0.385 e. The molecule has 1 saturated carbocycles. The lowest BCUT2D eigenvalue weighted by molar-refractivity contribution is 0.0718. The molecule has 1 aromatic rings. The number of benzene rings is 1. The van der Waals surface area contributed by atoms with Crippen LogP contribution >= 0.6 is 0 Å². The fraction of sp³-hybridized carbons (Fsp3) is 0.611. The lowest BCUT2D eigenvalue weighted by atomic mass is 10.1. The topological polar surface area (TPSA) is 32.3 Å². The number of rotatable bonds is 5. The van der Waals surface area contributed by atoms with Gasteiger partial charge in [0, 0.05) is 30.9 Å². The van der Waals surface area contributed by atoms with Gasteiger partial charge in [-0.25, -0.2) is 0 Å².